The van der Waals surface area contributed by atoms with Gasteiger partial charge in [-0.25, -0.2) is 8.42 Å². The van der Waals surface area contributed by atoms with Crippen LogP contribution in [0.3, 0.4) is 0 Å². The number of nitrogens with one attached hydrogen (secondary N) is 1. The molecular formula is C14H24N2O2S. The molecule has 0 spiro atoms. The van der Waals surface area contributed by atoms with Gasteiger partial charge < -0.3 is 4.90 Å². The lowest BCUT2D eigenvalue weighted by molar-refractivity contribution is 0.600. The second-order valence-corrected chi connectivity index (χ2v) is 6.43. The Balaban J connectivity index is 2.95. The minimum Gasteiger partial charge on any atom is -0.372 e. The van der Waals surface area contributed by atoms with Crippen molar-refractivity contribution in [1.29, 1.82) is 0 Å². The maximum Gasteiger partial charge on any atom is 0.232 e. The van der Waals surface area contributed by atoms with Crippen LogP contribution < -0.4 is 9.62 Å². The Hall–Kier alpha value is -1.23. The molecule has 0 unspecified atom stereocenters. The largest absolute Gasteiger partial charge is 0.372 e. The molecule has 1 rings (SSSR count). The van der Waals surface area contributed by atoms with Crippen molar-refractivity contribution in [2.75, 3.05) is 28.5 Å². The molecule has 1 aromatic rings. The van der Waals surface area contributed by atoms with E-state index in [1.165, 1.54) is 0 Å². The van der Waals surface area contributed by atoms with Crippen LogP contribution in [0.4, 0.5) is 11.4 Å². The lowest BCUT2D eigenvalue weighted by Gasteiger charge is -2.22. The monoisotopic (exact) mass is 284 g/mol. The summed E-state index contributed by atoms with van der Waals surface area (Å²) in [6.45, 7) is 9.88. The van der Waals surface area contributed by atoms with Gasteiger partial charge in [-0.1, -0.05) is 6.92 Å². The first-order valence-corrected chi connectivity index (χ1v) is 8.44. The third-order valence-corrected chi connectivity index (χ3v) is 4.55. The number of nitrogens with zero attached hydrogens (tertiary/aromatic N) is 1. The molecule has 0 bridgehead atoms. The zero-order chi connectivity index (χ0) is 14.5. The van der Waals surface area contributed by atoms with Gasteiger partial charge in [0.05, 0.1) is 11.4 Å². The molecule has 0 radical (unpaired) electrons. The van der Waals surface area contributed by atoms with Crippen LogP contribution >= 0.6 is 0 Å². The van der Waals surface area contributed by atoms with Crippen molar-refractivity contribution in [2.45, 2.75) is 34.1 Å². The minimum atomic E-state index is -3.22. The summed E-state index contributed by atoms with van der Waals surface area (Å²) in [5, 5.41) is 0. The lowest BCUT2D eigenvalue weighted by atomic mass is 10.1. The van der Waals surface area contributed by atoms with E-state index in [1.807, 2.05) is 32.0 Å². The number of sulfonamides is 1. The van der Waals surface area contributed by atoms with Crippen molar-refractivity contribution in [3.8, 4) is 0 Å². The Kier molecular flexibility index (Phi) is 5.66. The molecule has 1 aromatic carbocycles. The van der Waals surface area contributed by atoms with Crippen LogP contribution in [0, 0.1) is 6.92 Å². The summed E-state index contributed by atoms with van der Waals surface area (Å²) in [7, 11) is -3.22. The minimum absolute atomic E-state index is 0.157. The van der Waals surface area contributed by atoms with Gasteiger partial charge in [0.15, 0.2) is 0 Å². The van der Waals surface area contributed by atoms with Crippen molar-refractivity contribution in [2.24, 2.45) is 0 Å². The van der Waals surface area contributed by atoms with Crippen molar-refractivity contribution in [3.63, 3.8) is 0 Å². The van der Waals surface area contributed by atoms with Crippen LogP contribution in [-0.4, -0.2) is 27.3 Å². The number of anilines is 2. The maximum absolute atomic E-state index is 11.8. The highest BCUT2D eigenvalue weighted by Gasteiger charge is 2.11. The first kappa shape index (κ1) is 15.8. The summed E-state index contributed by atoms with van der Waals surface area (Å²) < 4.78 is 26.2. The summed E-state index contributed by atoms with van der Waals surface area (Å²) in [5.74, 6) is 0.157. The van der Waals surface area contributed by atoms with E-state index in [2.05, 4.69) is 23.5 Å². The Bertz CT molecular complexity index is 508. The van der Waals surface area contributed by atoms with Gasteiger partial charge in [0.1, 0.15) is 0 Å². The molecular weight excluding hydrogens is 260 g/mol. The standard InChI is InChI=1S/C14H24N2O2S/c1-5-10-19(17,18)15-14-9-8-13(11-12(14)4)16(6-2)7-3/h8-9,11,15H,5-7,10H2,1-4H3. The van der Waals surface area contributed by atoms with E-state index < -0.39 is 10.0 Å². The van der Waals surface area contributed by atoms with Crippen molar-refractivity contribution in [1.82, 2.24) is 0 Å². The molecule has 0 amide bonds. The molecule has 0 aliphatic heterocycles. The van der Waals surface area contributed by atoms with Crippen LogP contribution in [0.15, 0.2) is 18.2 Å². The highest BCUT2D eigenvalue weighted by atomic mass is 32.2. The third-order valence-electron chi connectivity index (χ3n) is 3.08. The van der Waals surface area contributed by atoms with Crippen LogP contribution in [0.2, 0.25) is 0 Å². The van der Waals surface area contributed by atoms with Crippen LogP contribution in [0.1, 0.15) is 32.8 Å². The van der Waals surface area contributed by atoms with Gasteiger partial charge in [-0.15, -0.1) is 0 Å². The van der Waals surface area contributed by atoms with E-state index in [4.69, 9.17) is 0 Å². The number of aryl methyl sites for hydroxylation is 1. The van der Waals surface area contributed by atoms with Crippen LogP contribution in [0.25, 0.3) is 0 Å². The predicted molar refractivity (Wildman–Crippen MR) is 82.4 cm³/mol. The average Bonchev–Trinajstić information content (AvgIpc) is 2.34. The SMILES string of the molecule is CCCS(=O)(=O)Nc1ccc(N(CC)CC)cc1C. The molecule has 19 heavy (non-hydrogen) atoms. The van der Waals surface area contributed by atoms with Crippen molar-refractivity contribution in [3.05, 3.63) is 23.8 Å². The Morgan fingerprint density at radius 3 is 2.26 bits per heavy atom. The Morgan fingerprint density at radius 2 is 1.79 bits per heavy atom. The van der Waals surface area contributed by atoms with Gasteiger partial charge in [-0.05, 0) is 51.0 Å². The Morgan fingerprint density at radius 1 is 1.16 bits per heavy atom. The zero-order valence-corrected chi connectivity index (χ0v) is 13.0. The molecule has 0 heterocycles. The molecule has 0 aliphatic carbocycles. The fourth-order valence-corrected chi connectivity index (χ4v) is 3.24. The van der Waals surface area contributed by atoms with Crippen LogP contribution in [-0.2, 0) is 10.0 Å². The molecule has 5 heteroatoms. The summed E-state index contributed by atoms with van der Waals surface area (Å²) in [6.07, 6.45) is 0.617. The van der Waals surface area contributed by atoms with Gasteiger partial charge in [-0.2, -0.15) is 0 Å². The molecule has 108 valence electrons. The fourth-order valence-electron chi connectivity index (χ4n) is 2.04. The molecule has 0 saturated carbocycles. The van der Waals surface area contributed by atoms with Crippen molar-refractivity contribution < 1.29 is 8.42 Å². The van der Waals surface area contributed by atoms with E-state index in [9.17, 15) is 8.42 Å². The highest BCUT2D eigenvalue weighted by molar-refractivity contribution is 7.92. The number of rotatable bonds is 7. The summed E-state index contributed by atoms with van der Waals surface area (Å²) in [4.78, 5) is 2.23. The third kappa shape index (κ3) is 4.42. The molecule has 0 aliphatic rings. The first-order valence-electron chi connectivity index (χ1n) is 6.79. The second-order valence-electron chi connectivity index (χ2n) is 4.59. The summed E-state index contributed by atoms with van der Waals surface area (Å²) in [6, 6.07) is 5.83. The zero-order valence-electron chi connectivity index (χ0n) is 12.2. The average molecular weight is 284 g/mol. The van der Waals surface area contributed by atoms with Gasteiger partial charge in [-0.3, -0.25) is 4.72 Å². The van der Waals surface area contributed by atoms with Gasteiger partial charge in [0, 0.05) is 18.8 Å². The fraction of sp³-hybridized carbons (Fsp3) is 0.571. The molecule has 0 aromatic heterocycles. The normalized spacial score (nSPS) is 11.4. The number of hydrogen-bond donors (Lipinski definition) is 1. The van der Waals surface area contributed by atoms with Crippen molar-refractivity contribution >= 4 is 21.4 Å². The summed E-state index contributed by atoms with van der Waals surface area (Å²) >= 11 is 0. The lowest BCUT2D eigenvalue weighted by Crippen LogP contribution is -2.22. The highest BCUT2D eigenvalue weighted by Crippen LogP contribution is 2.23. The topological polar surface area (TPSA) is 49.4 Å². The quantitative estimate of drug-likeness (QED) is 0.837. The number of benzene rings is 1. The molecule has 0 saturated heterocycles. The second kappa shape index (κ2) is 6.80. The van der Waals surface area contributed by atoms with E-state index >= 15 is 0 Å². The maximum atomic E-state index is 11.8. The molecule has 4 nitrogen and oxygen atoms in total. The summed E-state index contributed by atoms with van der Waals surface area (Å²) in [5.41, 5.74) is 2.74. The van der Waals surface area contributed by atoms with E-state index in [0.29, 0.717) is 12.1 Å². The first-order chi connectivity index (χ1) is 8.93. The van der Waals surface area contributed by atoms with Gasteiger partial charge in [0.2, 0.25) is 10.0 Å². The van der Waals surface area contributed by atoms with E-state index in [1.54, 1.807) is 0 Å². The predicted octanol–water partition coefficient (Wildman–Crippen LogP) is 2.99. The number of hydrogen-bond acceptors (Lipinski definition) is 3. The molecule has 0 atom stereocenters. The molecule has 1 N–H and O–H groups in total. The van der Waals surface area contributed by atoms with E-state index in [-0.39, 0.29) is 5.75 Å². The molecule has 0 fully saturated rings. The smallest absolute Gasteiger partial charge is 0.232 e. The van der Waals surface area contributed by atoms with Gasteiger partial charge >= 0.3 is 0 Å². The Labute approximate surface area is 116 Å². The van der Waals surface area contributed by atoms with Crippen LogP contribution in [0.5, 0.6) is 0 Å². The van der Waals surface area contributed by atoms with E-state index in [0.717, 1.165) is 24.3 Å². The van der Waals surface area contributed by atoms with Gasteiger partial charge in [0.25, 0.3) is 0 Å².